The molecular weight excluding hydrogens is 304 g/mol. The van der Waals surface area contributed by atoms with E-state index in [9.17, 15) is 14.7 Å². The van der Waals surface area contributed by atoms with Crippen molar-refractivity contribution in [1.29, 1.82) is 0 Å². The number of hydrogen-bond acceptors (Lipinski definition) is 3. The van der Waals surface area contributed by atoms with E-state index in [1.165, 1.54) is 19.3 Å². The fraction of sp³-hybridized carbons (Fsp3) is 0.895. The minimum Gasteiger partial charge on any atom is -0.389 e. The van der Waals surface area contributed by atoms with Crippen molar-refractivity contribution in [1.82, 2.24) is 9.80 Å². The van der Waals surface area contributed by atoms with Crippen LogP contribution in [0.25, 0.3) is 0 Å². The first-order valence-corrected chi connectivity index (χ1v) is 9.82. The molecule has 2 aliphatic heterocycles. The van der Waals surface area contributed by atoms with Gasteiger partial charge in [0.15, 0.2) is 0 Å². The number of aliphatic hydroxyl groups is 1. The van der Waals surface area contributed by atoms with E-state index in [0.717, 1.165) is 56.4 Å². The summed E-state index contributed by atoms with van der Waals surface area (Å²) in [6, 6.07) is -0.266. The smallest absolute Gasteiger partial charge is 0.245 e. The molecule has 132 valence electrons. The summed E-state index contributed by atoms with van der Waals surface area (Å²) in [6.07, 6.45) is 8.56. The van der Waals surface area contributed by atoms with Crippen molar-refractivity contribution >= 4 is 11.8 Å². The summed E-state index contributed by atoms with van der Waals surface area (Å²) >= 11 is 0. The number of β-amino-alcohol motifs (C(OH)–C–C–N with tert-alkyl or cyclic N) is 1. The van der Waals surface area contributed by atoms with Gasteiger partial charge in [0.2, 0.25) is 11.8 Å². The van der Waals surface area contributed by atoms with Crippen molar-refractivity contribution < 1.29 is 14.7 Å². The van der Waals surface area contributed by atoms with E-state index in [-0.39, 0.29) is 23.5 Å². The zero-order valence-corrected chi connectivity index (χ0v) is 14.3. The lowest BCUT2D eigenvalue weighted by atomic mass is 9.49. The van der Waals surface area contributed by atoms with Gasteiger partial charge in [0.05, 0.1) is 11.5 Å². The van der Waals surface area contributed by atoms with Crippen LogP contribution in [0.1, 0.15) is 51.4 Å². The van der Waals surface area contributed by atoms with Crippen molar-refractivity contribution in [3.63, 3.8) is 0 Å². The van der Waals surface area contributed by atoms with Crippen molar-refractivity contribution in [2.45, 2.75) is 63.5 Å². The fourth-order valence-electron chi connectivity index (χ4n) is 6.79. The average molecular weight is 332 g/mol. The fourth-order valence-corrected chi connectivity index (χ4v) is 6.79. The SMILES string of the molecule is O=C([C@H]1CCCN1C(=O)C12CC3CC(CC(C3)C1)C2)N1CC(O)C1. The monoisotopic (exact) mass is 332 g/mol. The van der Waals surface area contributed by atoms with Crippen LogP contribution in [0.5, 0.6) is 0 Å². The number of carbonyl (C=O) groups is 2. The van der Waals surface area contributed by atoms with Gasteiger partial charge in [-0.3, -0.25) is 9.59 Å². The molecule has 0 spiro atoms. The van der Waals surface area contributed by atoms with Gasteiger partial charge >= 0.3 is 0 Å². The van der Waals surface area contributed by atoms with Gasteiger partial charge in [0.25, 0.3) is 0 Å². The van der Waals surface area contributed by atoms with Gasteiger partial charge in [0.1, 0.15) is 6.04 Å². The van der Waals surface area contributed by atoms with Gasteiger partial charge in [-0.1, -0.05) is 0 Å². The molecule has 4 bridgehead atoms. The van der Waals surface area contributed by atoms with Crippen molar-refractivity contribution in [3.8, 4) is 0 Å². The lowest BCUT2D eigenvalue weighted by molar-refractivity contribution is -0.164. The molecule has 0 aromatic carbocycles. The largest absolute Gasteiger partial charge is 0.389 e. The van der Waals surface area contributed by atoms with Crippen molar-refractivity contribution in [3.05, 3.63) is 0 Å². The van der Waals surface area contributed by atoms with Crippen LogP contribution in [0.2, 0.25) is 0 Å². The van der Waals surface area contributed by atoms with Crippen molar-refractivity contribution in [2.24, 2.45) is 23.2 Å². The third-order valence-electron chi connectivity index (χ3n) is 7.46. The first-order chi connectivity index (χ1) is 11.5. The molecule has 4 saturated carbocycles. The summed E-state index contributed by atoms with van der Waals surface area (Å²) < 4.78 is 0. The van der Waals surface area contributed by atoms with E-state index in [1.807, 2.05) is 4.90 Å². The van der Waals surface area contributed by atoms with Gasteiger partial charge in [-0.15, -0.1) is 0 Å². The first kappa shape index (κ1) is 15.2. The summed E-state index contributed by atoms with van der Waals surface area (Å²) in [5.41, 5.74) is -0.147. The Kier molecular flexibility index (Phi) is 3.29. The Morgan fingerprint density at radius 2 is 1.54 bits per heavy atom. The second kappa shape index (κ2) is 5.20. The zero-order chi connectivity index (χ0) is 16.5. The van der Waals surface area contributed by atoms with E-state index in [0.29, 0.717) is 19.0 Å². The minimum atomic E-state index is -0.373. The normalized spacial score (nSPS) is 44.0. The molecule has 6 aliphatic rings. The number of amides is 2. The van der Waals surface area contributed by atoms with Crippen LogP contribution >= 0.6 is 0 Å². The number of rotatable bonds is 2. The topological polar surface area (TPSA) is 60.9 Å². The number of likely N-dealkylation sites (tertiary alicyclic amines) is 2. The average Bonchev–Trinajstić information content (AvgIpc) is 2.98. The lowest BCUT2D eigenvalue weighted by Crippen LogP contribution is -2.61. The Balaban J connectivity index is 1.35. The molecule has 0 aromatic rings. The van der Waals surface area contributed by atoms with Crippen LogP contribution in [-0.2, 0) is 9.59 Å². The second-order valence-corrected chi connectivity index (χ2v) is 9.25. The third kappa shape index (κ3) is 2.16. The van der Waals surface area contributed by atoms with E-state index in [2.05, 4.69) is 0 Å². The van der Waals surface area contributed by atoms with Crippen LogP contribution in [-0.4, -0.2) is 58.5 Å². The molecule has 0 aromatic heterocycles. The second-order valence-electron chi connectivity index (χ2n) is 9.25. The molecule has 5 nitrogen and oxygen atoms in total. The summed E-state index contributed by atoms with van der Waals surface area (Å²) in [7, 11) is 0. The highest BCUT2D eigenvalue weighted by Crippen LogP contribution is 2.60. The van der Waals surface area contributed by atoms with Gasteiger partial charge in [-0.05, 0) is 69.1 Å². The third-order valence-corrected chi connectivity index (χ3v) is 7.46. The molecule has 6 fully saturated rings. The Morgan fingerprint density at radius 1 is 0.958 bits per heavy atom. The van der Waals surface area contributed by atoms with Gasteiger partial charge in [-0.25, -0.2) is 0 Å². The Hall–Kier alpha value is -1.10. The molecule has 5 heteroatoms. The van der Waals surface area contributed by atoms with Crippen LogP contribution in [0.15, 0.2) is 0 Å². The lowest BCUT2D eigenvalue weighted by Gasteiger charge is -2.56. The molecular formula is C19H28N2O3. The maximum absolute atomic E-state index is 13.5. The molecule has 1 atom stereocenters. The molecule has 4 aliphatic carbocycles. The van der Waals surface area contributed by atoms with Gasteiger partial charge in [0, 0.05) is 19.6 Å². The van der Waals surface area contributed by atoms with Crippen LogP contribution in [0.3, 0.4) is 0 Å². The van der Waals surface area contributed by atoms with Gasteiger partial charge in [-0.2, -0.15) is 0 Å². The van der Waals surface area contributed by atoms with Crippen LogP contribution in [0.4, 0.5) is 0 Å². The maximum Gasteiger partial charge on any atom is 0.245 e. The Labute approximate surface area is 143 Å². The van der Waals surface area contributed by atoms with Crippen LogP contribution in [0, 0.1) is 23.2 Å². The van der Waals surface area contributed by atoms with Crippen molar-refractivity contribution in [2.75, 3.05) is 19.6 Å². The minimum absolute atomic E-state index is 0.0656. The molecule has 0 unspecified atom stereocenters. The Bertz CT molecular complexity index is 534. The number of carbonyl (C=O) groups excluding carboxylic acids is 2. The Morgan fingerprint density at radius 3 is 2.08 bits per heavy atom. The zero-order valence-electron chi connectivity index (χ0n) is 14.3. The predicted molar refractivity (Wildman–Crippen MR) is 87.9 cm³/mol. The molecule has 24 heavy (non-hydrogen) atoms. The maximum atomic E-state index is 13.5. The summed E-state index contributed by atoms with van der Waals surface area (Å²) in [5.74, 6) is 2.61. The number of nitrogens with zero attached hydrogens (tertiary/aromatic N) is 2. The molecule has 6 rings (SSSR count). The highest BCUT2D eigenvalue weighted by Gasteiger charge is 2.57. The molecule has 2 heterocycles. The molecule has 1 N–H and O–H groups in total. The predicted octanol–water partition coefficient (Wildman–Crippen LogP) is 1.40. The number of hydrogen-bond donors (Lipinski definition) is 1. The molecule has 0 radical (unpaired) electrons. The van der Waals surface area contributed by atoms with E-state index in [4.69, 9.17) is 0 Å². The highest BCUT2D eigenvalue weighted by molar-refractivity contribution is 5.91. The van der Waals surface area contributed by atoms with Gasteiger partial charge < -0.3 is 14.9 Å². The summed E-state index contributed by atoms with van der Waals surface area (Å²) in [6.45, 7) is 1.62. The standard InChI is InChI=1S/C19H28N2O3/c22-15-10-20(11-15)17(23)16-2-1-3-21(16)18(24)19-7-12-4-13(8-19)6-14(5-12)9-19/h12-16,22H,1-11H2/t12?,13?,14?,16-,19?/m1/s1. The quantitative estimate of drug-likeness (QED) is 0.831. The van der Waals surface area contributed by atoms with E-state index in [1.54, 1.807) is 4.90 Å². The summed E-state index contributed by atoms with van der Waals surface area (Å²) in [5, 5.41) is 9.46. The highest BCUT2D eigenvalue weighted by atomic mass is 16.3. The number of aliphatic hydroxyl groups excluding tert-OH is 1. The molecule has 2 amide bonds. The van der Waals surface area contributed by atoms with E-state index >= 15 is 0 Å². The summed E-state index contributed by atoms with van der Waals surface area (Å²) in [4.78, 5) is 29.9. The first-order valence-electron chi connectivity index (χ1n) is 9.82. The van der Waals surface area contributed by atoms with Crippen LogP contribution < -0.4 is 0 Å². The van der Waals surface area contributed by atoms with E-state index < -0.39 is 0 Å². The molecule has 2 saturated heterocycles.